The number of aliphatic hydroxyl groups is 1. The van der Waals surface area contributed by atoms with Gasteiger partial charge in [-0.3, -0.25) is 0 Å². The van der Waals surface area contributed by atoms with Crippen LogP contribution in [-0.4, -0.2) is 29.4 Å². The number of unbranched alkanes of at least 4 members (excludes halogenated alkanes) is 1. The number of benzene rings is 1. The number of carbonyl (C=O) groups excluding carboxylic acids is 1. The highest BCUT2D eigenvalue weighted by Crippen LogP contribution is 2.16. The van der Waals surface area contributed by atoms with E-state index in [2.05, 4.69) is 6.92 Å². The van der Waals surface area contributed by atoms with Crippen molar-refractivity contribution in [2.75, 3.05) is 13.2 Å². The molecule has 96 valence electrons. The van der Waals surface area contributed by atoms with Gasteiger partial charge in [0.1, 0.15) is 11.3 Å². The monoisotopic (exact) mass is 240 g/mol. The number of aromatic hydroxyl groups is 1. The molecular weight excluding hydrogens is 220 g/mol. The van der Waals surface area contributed by atoms with Crippen molar-refractivity contribution in [3.8, 4) is 5.75 Å². The van der Waals surface area contributed by atoms with Crippen LogP contribution in [0.15, 0.2) is 24.3 Å². The zero-order valence-electron chi connectivity index (χ0n) is 10.3. The highest BCUT2D eigenvalue weighted by molar-refractivity contribution is 5.92. The molecule has 0 aliphatic carbocycles. The van der Waals surface area contributed by atoms with Crippen molar-refractivity contribution in [2.24, 2.45) is 0 Å². The Morgan fingerprint density at radius 2 is 1.94 bits per heavy atom. The lowest BCUT2D eigenvalue weighted by molar-refractivity contribution is 0.0523. The van der Waals surface area contributed by atoms with Crippen molar-refractivity contribution in [1.82, 2.24) is 0 Å². The Morgan fingerprint density at radius 3 is 2.35 bits per heavy atom. The first-order valence-electron chi connectivity index (χ1n) is 5.73. The van der Waals surface area contributed by atoms with E-state index < -0.39 is 5.97 Å². The summed E-state index contributed by atoms with van der Waals surface area (Å²) in [5.74, 6) is -0.536. The molecule has 0 unspecified atom stereocenters. The number of esters is 1. The Hall–Kier alpha value is -1.55. The zero-order chi connectivity index (χ0) is 13.1. The highest BCUT2D eigenvalue weighted by Gasteiger charge is 2.09. The Labute approximate surface area is 102 Å². The molecule has 0 saturated heterocycles. The van der Waals surface area contributed by atoms with Crippen LogP contribution in [0.2, 0.25) is 0 Å². The number of aliphatic hydroxyl groups excluding tert-OH is 1. The Bertz CT molecular complexity index is 321. The Morgan fingerprint density at radius 1 is 1.29 bits per heavy atom. The molecule has 0 atom stereocenters. The van der Waals surface area contributed by atoms with E-state index in [4.69, 9.17) is 9.84 Å². The summed E-state index contributed by atoms with van der Waals surface area (Å²) >= 11 is 0. The number of phenolic OH excluding ortho intramolecular Hbond substituents is 1. The van der Waals surface area contributed by atoms with Crippen LogP contribution in [-0.2, 0) is 4.74 Å². The van der Waals surface area contributed by atoms with E-state index >= 15 is 0 Å². The summed E-state index contributed by atoms with van der Waals surface area (Å²) in [5.41, 5.74) is 0.208. The van der Waals surface area contributed by atoms with Crippen LogP contribution in [0.4, 0.5) is 0 Å². The second kappa shape index (κ2) is 9.66. The van der Waals surface area contributed by atoms with Gasteiger partial charge in [-0.2, -0.15) is 0 Å². The molecule has 1 rings (SSSR count). The summed E-state index contributed by atoms with van der Waals surface area (Å²) < 4.78 is 4.71. The smallest absolute Gasteiger partial charge is 0.341 e. The van der Waals surface area contributed by atoms with E-state index in [9.17, 15) is 9.90 Å². The molecule has 0 aromatic heterocycles. The molecule has 1 aromatic carbocycles. The maximum Gasteiger partial charge on any atom is 0.341 e. The van der Waals surface area contributed by atoms with Crippen LogP contribution in [0.1, 0.15) is 37.0 Å². The molecule has 0 heterocycles. The van der Waals surface area contributed by atoms with Gasteiger partial charge in [-0.05, 0) is 25.5 Å². The van der Waals surface area contributed by atoms with Gasteiger partial charge in [-0.1, -0.05) is 25.5 Å². The lowest BCUT2D eigenvalue weighted by Gasteiger charge is -2.02. The fourth-order valence-electron chi connectivity index (χ4n) is 1.01. The third-order valence-corrected chi connectivity index (χ3v) is 1.91. The molecule has 4 nitrogen and oxygen atoms in total. The van der Waals surface area contributed by atoms with E-state index in [0.717, 1.165) is 12.8 Å². The highest BCUT2D eigenvalue weighted by atomic mass is 16.5. The van der Waals surface area contributed by atoms with Crippen molar-refractivity contribution in [1.29, 1.82) is 0 Å². The number of phenols is 1. The van der Waals surface area contributed by atoms with Crippen LogP contribution >= 0.6 is 0 Å². The second-order valence-corrected chi connectivity index (χ2v) is 3.31. The molecule has 0 amide bonds. The molecule has 1 aromatic rings. The number of hydrogen-bond acceptors (Lipinski definition) is 4. The molecule has 0 aliphatic rings. The molecule has 4 heteroatoms. The summed E-state index contributed by atoms with van der Waals surface area (Å²) in [6.45, 7) is 4.43. The fourth-order valence-corrected chi connectivity index (χ4v) is 1.01. The van der Waals surface area contributed by atoms with Gasteiger partial charge in [0.05, 0.1) is 6.61 Å². The van der Waals surface area contributed by atoms with Crippen molar-refractivity contribution in [2.45, 2.75) is 26.7 Å². The average molecular weight is 240 g/mol. The molecular formula is C13H20O4. The number of rotatable bonds is 4. The molecule has 0 saturated carbocycles. The van der Waals surface area contributed by atoms with Gasteiger partial charge >= 0.3 is 5.97 Å². The van der Waals surface area contributed by atoms with Crippen LogP contribution in [0, 0.1) is 0 Å². The molecule has 0 radical (unpaired) electrons. The van der Waals surface area contributed by atoms with Gasteiger partial charge in [-0.25, -0.2) is 4.79 Å². The summed E-state index contributed by atoms with van der Waals surface area (Å²) in [5, 5.41) is 17.3. The van der Waals surface area contributed by atoms with E-state index in [1.807, 2.05) is 0 Å². The number of carbonyl (C=O) groups is 1. The van der Waals surface area contributed by atoms with Crippen molar-refractivity contribution < 1.29 is 19.7 Å². The quantitative estimate of drug-likeness (QED) is 0.793. The lowest BCUT2D eigenvalue weighted by Crippen LogP contribution is -2.04. The first kappa shape index (κ1) is 15.4. The molecule has 0 fully saturated rings. The van der Waals surface area contributed by atoms with E-state index in [1.165, 1.54) is 12.1 Å². The van der Waals surface area contributed by atoms with Crippen molar-refractivity contribution >= 4 is 5.97 Å². The normalized spacial score (nSPS) is 9.12. The molecule has 0 aliphatic heterocycles. The molecule has 2 N–H and O–H groups in total. The predicted molar refractivity (Wildman–Crippen MR) is 66.1 cm³/mol. The number of para-hydroxylation sites is 1. The van der Waals surface area contributed by atoms with Crippen LogP contribution < -0.4 is 0 Å². The maximum atomic E-state index is 11.1. The number of ether oxygens (including phenoxy) is 1. The third-order valence-electron chi connectivity index (χ3n) is 1.91. The van der Waals surface area contributed by atoms with Crippen LogP contribution in [0.3, 0.4) is 0 Å². The predicted octanol–water partition coefficient (Wildman–Crippen LogP) is 2.35. The average Bonchev–Trinajstić information content (AvgIpc) is 2.32. The molecule has 0 spiro atoms. The summed E-state index contributed by atoms with van der Waals surface area (Å²) in [7, 11) is 0. The second-order valence-electron chi connectivity index (χ2n) is 3.31. The fraction of sp³-hybridized carbons (Fsp3) is 0.462. The van der Waals surface area contributed by atoms with Gasteiger partial charge in [0.15, 0.2) is 0 Å². The number of hydrogen-bond donors (Lipinski definition) is 2. The minimum atomic E-state index is -0.490. The van der Waals surface area contributed by atoms with E-state index in [1.54, 1.807) is 19.1 Å². The van der Waals surface area contributed by atoms with Crippen LogP contribution in [0.25, 0.3) is 0 Å². The Kier molecular flexibility index (Phi) is 8.78. The SMILES string of the molecule is CCCCO.CCOC(=O)c1ccccc1O. The lowest BCUT2D eigenvalue weighted by atomic mass is 10.2. The zero-order valence-corrected chi connectivity index (χ0v) is 10.3. The first-order valence-corrected chi connectivity index (χ1v) is 5.73. The van der Waals surface area contributed by atoms with Gasteiger partial charge < -0.3 is 14.9 Å². The molecule has 0 bridgehead atoms. The van der Waals surface area contributed by atoms with Gasteiger partial charge in [0.25, 0.3) is 0 Å². The summed E-state index contributed by atoms with van der Waals surface area (Å²) in [4.78, 5) is 11.1. The van der Waals surface area contributed by atoms with E-state index in [0.29, 0.717) is 13.2 Å². The van der Waals surface area contributed by atoms with Crippen molar-refractivity contribution in [3.63, 3.8) is 0 Å². The molecule has 17 heavy (non-hydrogen) atoms. The first-order chi connectivity index (χ1) is 8.17. The van der Waals surface area contributed by atoms with Gasteiger partial charge in [0.2, 0.25) is 0 Å². The minimum Gasteiger partial charge on any atom is -0.507 e. The van der Waals surface area contributed by atoms with Crippen LogP contribution in [0.5, 0.6) is 5.75 Å². The van der Waals surface area contributed by atoms with Gasteiger partial charge in [0, 0.05) is 6.61 Å². The van der Waals surface area contributed by atoms with Gasteiger partial charge in [-0.15, -0.1) is 0 Å². The maximum absolute atomic E-state index is 11.1. The standard InChI is InChI=1S/C9H10O3.C4H10O/c1-2-12-9(11)7-5-3-4-6-8(7)10;1-2-3-4-5/h3-6,10H,2H2,1H3;5H,2-4H2,1H3. The summed E-state index contributed by atoms with van der Waals surface area (Å²) in [6, 6.07) is 6.30. The minimum absolute atomic E-state index is 0.0454. The topological polar surface area (TPSA) is 66.8 Å². The van der Waals surface area contributed by atoms with Crippen molar-refractivity contribution in [3.05, 3.63) is 29.8 Å². The summed E-state index contributed by atoms with van der Waals surface area (Å²) in [6.07, 6.45) is 2.04. The third kappa shape index (κ3) is 6.58. The largest absolute Gasteiger partial charge is 0.507 e. The van der Waals surface area contributed by atoms with E-state index in [-0.39, 0.29) is 11.3 Å². The Balaban J connectivity index is 0.000000437.